The summed E-state index contributed by atoms with van der Waals surface area (Å²) in [5, 5.41) is 11.4. The quantitative estimate of drug-likeness (QED) is 0.614. The Bertz CT molecular complexity index is 765. The predicted molar refractivity (Wildman–Crippen MR) is 82.4 cm³/mol. The summed E-state index contributed by atoms with van der Waals surface area (Å²) in [5.41, 5.74) is -0.664. The monoisotopic (exact) mass is 303 g/mol. The summed E-state index contributed by atoms with van der Waals surface area (Å²) >= 11 is 0. The molecule has 3 rings (SSSR count). The lowest BCUT2D eigenvalue weighted by atomic mass is 10.3. The van der Waals surface area contributed by atoms with Crippen molar-refractivity contribution in [1.29, 1.82) is 0 Å². The fourth-order valence-corrected chi connectivity index (χ4v) is 2.72. The Balaban J connectivity index is 2.10. The minimum atomic E-state index is -0.636. The van der Waals surface area contributed by atoms with E-state index in [1.165, 1.54) is 10.6 Å². The van der Waals surface area contributed by atoms with Crippen molar-refractivity contribution in [3.8, 4) is 0 Å². The number of rotatable bonds is 3. The summed E-state index contributed by atoms with van der Waals surface area (Å²) in [6.45, 7) is 5.91. The van der Waals surface area contributed by atoms with E-state index < -0.39 is 16.2 Å². The van der Waals surface area contributed by atoms with Crippen LogP contribution >= 0.6 is 0 Å². The van der Waals surface area contributed by atoms with Crippen molar-refractivity contribution in [3.63, 3.8) is 0 Å². The summed E-state index contributed by atoms with van der Waals surface area (Å²) in [6.07, 6.45) is 1.50. The van der Waals surface area contributed by atoms with E-state index in [0.29, 0.717) is 18.7 Å². The van der Waals surface area contributed by atoms with Crippen LogP contribution in [0, 0.1) is 10.1 Å². The Morgan fingerprint density at radius 2 is 2.00 bits per heavy atom. The molecule has 0 saturated carbocycles. The molecule has 116 valence electrons. The van der Waals surface area contributed by atoms with E-state index >= 15 is 0 Å². The first-order chi connectivity index (χ1) is 10.6. The zero-order chi connectivity index (χ0) is 15.7. The minimum absolute atomic E-state index is 0.178. The largest absolute Gasteiger partial charge is 0.376 e. The van der Waals surface area contributed by atoms with Gasteiger partial charge in [-0.2, -0.15) is 0 Å². The van der Waals surface area contributed by atoms with Gasteiger partial charge in [-0.3, -0.25) is 19.3 Å². The average Bonchev–Trinajstić information content (AvgIpc) is 2.54. The number of hydrogen-bond donors (Lipinski definition) is 0. The second kappa shape index (κ2) is 5.72. The van der Waals surface area contributed by atoms with Crippen LogP contribution < -0.4 is 10.5 Å². The standard InChI is InChI=1S/C14H17N5O3/c1-2-16-7-9-17(10-8-16)13-12(19(21)22)14(20)18-6-4-3-5-11(18)15-13/h3-6H,2,7-10H2,1H3. The van der Waals surface area contributed by atoms with Gasteiger partial charge in [0.1, 0.15) is 5.65 Å². The fourth-order valence-electron chi connectivity index (χ4n) is 2.72. The molecule has 1 fully saturated rings. The highest BCUT2D eigenvalue weighted by Gasteiger charge is 2.29. The summed E-state index contributed by atoms with van der Waals surface area (Å²) in [4.78, 5) is 31.6. The van der Waals surface area contributed by atoms with Crippen LogP contribution in [0.2, 0.25) is 0 Å². The first-order valence-electron chi connectivity index (χ1n) is 7.25. The van der Waals surface area contributed by atoms with Crippen LogP contribution in [0.15, 0.2) is 29.2 Å². The number of likely N-dealkylation sites (N-methyl/N-ethyl adjacent to an activating group) is 1. The van der Waals surface area contributed by atoms with Crippen molar-refractivity contribution in [3.05, 3.63) is 44.9 Å². The lowest BCUT2D eigenvalue weighted by molar-refractivity contribution is -0.385. The first-order valence-corrected chi connectivity index (χ1v) is 7.25. The lowest BCUT2D eigenvalue weighted by Gasteiger charge is -2.34. The molecule has 0 N–H and O–H groups in total. The molecule has 2 aromatic rings. The molecule has 0 aromatic carbocycles. The fraction of sp³-hybridized carbons (Fsp3) is 0.429. The van der Waals surface area contributed by atoms with Crippen LogP contribution in [0.5, 0.6) is 0 Å². The molecule has 0 unspecified atom stereocenters. The van der Waals surface area contributed by atoms with E-state index in [1.807, 2.05) is 4.90 Å². The molecule has 0 atom stereocenters. The van der Waals surface area contributed by atoms with Crippen molar-refractivity contribution in [2.75, 3.05) is 37.6 Å². The normalized spacial score (nSPS) is 16.1. The Labute approximate surface area is 126 Å². The average molecular weight is 303 g/mol. The van der Waals surface area contributed by atoms with Crippen molar-refractivity contribution >= 4 is 17.2 Å². The molecule has 1 aliphatic heterocycles. The van der Waals surface area contributed by atoms with E-state index in [4.69, 9.17) is 0 Å². The number of hydrogen-bond acceptors (Lipinski definition) is 6. The lowest BCUT2D eigenvalue weighted by Crippen LogP contribution is -2.47. The van der Waals surface area contributed by atoms with E-state index in [1.54, 1.807) is 18.2 Å². The number of nitro groups is 1. The zero-order valence-electron chi connectivity index (χ0n) is 12.3. The number of anilines is 1. The van der Waals surface area contributed by atoms with Gasteiger partial charge in [0.2, 0.25) is 5.82 Å². The van der Waals surface area contributed by atoms with Gasteiger partial charge in [-0.15, -0.1) is 0 Å². The van der Waals surface area contributed by atoms with Crippen LogP contribution in [0.3, 0.4) is 0 Å². The number of piperazine rings is 1. The van der Waals surface area contributed by atoms with Crippen molar-refractivity contribution in [1.82, 2.24) is 14.3 Å². The van der Waals surface area contributed by atoms with E-state index in [0.717, 1.165) is 19.6 Å². The maximum absolute atomic E-state index is 12.4. The first kappa shape index (κ1) is 14.5. The summed E-state index contributed by atoms with van der Waals surface area (Å²) in [7, 11) is 0. The Kier molecular flexibility index (Phi) is 3.76. The Morgan fingerprint density at radius 3 is 2.64 bits per heavy atom. The number of fused-ring (bicyclic) bond motifs is 1. The van der Waals surface area contributed by atoms with E-state index in [2.05, 4.69) is 16.8 Å². The van der Waals surface area contributed by atoms with Crippen LogP contribution in [-0.4, -0.2) is 51.9 Å². The molecule has 3 heterocycles. The summed E-state index contributed by atoms with van der Waals surface area (Å²) in [6, 6.07) is 5.09. The molecule has 8 heteroatoms. The molecule has 22 heavy (non-hydrogen) atoms. The van der Waals surface area contributed by atoms with Gasteiger partial charge >= 0.3 is 11.2 Å². The number of pyridine rings is 1. The Morgan fingerprint density at radius 1 is 1.27 bits per heavy atom. The van der Waals surface area contributed by atoms with E-state index in [9.17, 15) is 14.9 Å². The SMILES string of the molecule is CCN1CCN(c2nc3ccccn3c(=O)c2[N+](=O)[O-])CC1. The van der Waals surface area contributed by atoms with Gasteiger partial charge in [-0.25, -0.2) is 4.98 Å². The highest BCUT2D eigenvalue weighted by molar-refractivity contribution is 5.61. The molecule has 1 aliphatic rings. The van der Waals surface area contributed by atoms with Crippen LogP contribution in [0.4, 0.5) is 11.5 Å². The van der Waals surface area contributed by atoms with Crippen molar-refractivity contribution < 1.29 is 4.92 Å². The summed E-state index contributed by atoms with van der Waals surface area (Å²) < 4.78 is 1.21. The maximum atomic E-state index is 12.4. The molecular formula is C14H17N5O3. The van der Waals surface area contributed by atoms with Crippen molar-refractivity contribution in [2.24, 2.45) is 0 Å². The van der Waals surface area contributed by atoms with Crippen molar-refractivity contribution in [2.45, 2.75) is 6.92 Å². The van der Waals surface area contributed by atoms with E-state index in [-0.39, 0.29) is 5.82 Å². The Hall–Kier alpha value is -2.48. The number of aromatic nitrogens is 2. The molecule has 0 bridgehead atoms. The van der Waals surface area contributed by atoms with Crippen LogP contribution in [0.1, 0.15) is 6.92 Å². The van der Waals surface area contributed by atoms with Gasteiger partial charge in [0.25, 0.3) is 0 Å². The van der Waals surface area contributed by atoms with Crippen LogP contribution in [-0.2, 0) is 0 Å². The highest BCUT2D eigenvalue weighted by Crippen LogP contribution is 2.23. The number of nitrogens with zero attached hydrogens (tertiary/aromatic N) is 5. The zero-order valence-corrected chi connectivity index (χ0v) is 12.3. The molecule has 8 nitrogen and oxygen atoms in total. The van der Waals surface area contributed by atoms with Gasteiger partial charge in [0, 0.05) is 32.4 Å². The third-order valence-electron chi connectivity index (χ3n) is 3.99. The van der Waals surface area contributed by atoms with Gasteiger partial charge in [-0.05, 0) is 18.7 Å². The van der Waals surface area contributed by atoms with Crippen LogP contribution in [0.25, 0.3) is 5.65 Å². The highest BCUT2D eigenvalue weighted by atomic mass is 16.6. The van der Waals surface area contributed by atoms with Gasteiger partial charge in [0.15, 0.2) is 0 Å². The molecule has 1 saturated heterocycles. The molecule has 0 radical (unpaired) electrons. The molecule has 0 amide bonds. The minimum Gasteiger partial charge on any atom is -0.348 e. The molecule has 0 aliphatic carbocycles. The third-order valence-corrected chi connectivity index (χ3v) is 3.99. The second-order valence-electron chi connectivity index (χ2n) is 5.20. The second-order valence-corrected chi connectivity index (χ2v) is 5.20. The van der Waals surface area contributed by atoms with Gasteiger partial charge < -0.3 is 9.80 Å². The molecular weight excluding hydrogens is 286 g/mol. The van der Waals surface area contributed by atoms with Gasteiger partial charge in [0.05, 0.1) is 4.92 Å². The predicted octanol–water partition coefficient (Wildman–Crippen LogP) is 0.745. The maximum Gasteiger partial charge on any atom is 0.376 e. The molecule has 0 spiro atoms. The molecule has 2 aromatic heterocycles. The summed E-state index contributed by atoms with van der Waals surface area (Å²) in [5.74, 6) is 0.178. The van der Waals surface area contributed by atoms with Gasteiger partial charge in [-0.1, -0.05) is 13.0 Å². The smallest absolute Gasteiger partial charge is 0.348 e. The third kappa shape index (κ3) is 2.41. The topological polar surface area (TPSA) is 84.0 Å².